The molecule has 0 saturated carbocycles. The van der Waals surface area contributed by atoms with Crippen LogP contribution in [-0.4, -0.2) is 24.8 Å². The van der Waals surface area contributed by atoms with Gasteiger partial charge < -0.3 is 5.73 Å². The smallest absolute Gasteiger partial charge is 0.220 e. The van der Waals surface area contributed by atoms with Gasteiger partial charge in [-0.3, -0.25) is 0 Å². The maximum atomic E-state index is 5.77. The molecule has 2 aromatic rings. The van der Waals surface area contributed by atoms with Gasteiger partial charge in [0.15, 0.2) is 11.6 Å². The second-order valence-electron chi connectivity index (χ2n) is 4.93. The molecule has 6 nitrogen and oxygen atoms in total. The number of rotatable bonds is 5. The van der Waals surface area contributed by atoms with Crippen LogP contribution in [0, 0.1) is 5.92 Å². The summed E-state index contributed by atoms with van der Waals surface area (Å²) in [5, 5.41) is 12.6. The summed E-state index contributed by atoms with van der Waals surface area (Å²) in [6, 6.07) is 0. The van der Waals surface area contributed by atoms with Crippen molar-refractivity contribution < 1.29 is 0 Å². The maximum Gasteiger partial charge on any atom is 0.220 e. The van der Waals surface area contributed by atoms with E-state index in [9.17, 15) is 0 Å². The fraction of sp³-hybridized carbons (Fsp3) is 0.667. The summed E-state index contributed by atoms with van der Waals surface area (Å²) in [7, 11) is 0. The lowest BCUT2D eigenvalue weighted by Crippen LogP contribution is -2.13. The van der Waals surface area contributed by atoms with Gasteiger partial charge in [-0.2, -0.15) is 9.61 Å². The number of nitrogens with zero attached hydrogens (tertiary/aromatic N) is 5. The fourth-order valence-electron chi connectivity index (χ4n) is 2.18. The summed E-state index contributed by atoms with van der Waals surface area (Å²) in [6.07, 6.45) is 4.90. The van der Waals surface area contributed by atoms with Crippen molar-refractivity contribution in [3.63, 3.8) is 0 Å². The highest BCUT2D eigenvalue weighted by Gasteiger charge is 2.22. The number of anilines is 1. The summed E-state index contributed by atoms with van der Waals surface area (Å²) in [5.41, 5.74) is 6.32. The molecule has 0 radical (unpaired) electrons. The van der Waals surface area contributed by atoms with Crippen LogP contribution >= 0.6 is 0 Å². The van der Waals surface area contributed by atoms with Crippen molar-refractivity contribution in [1.82, 2.24) is 24.8 Å². The zero-order valence-corrected chi connectivity index (χ0v) is 11.2. The van der Waals surface area contributed by atoms with Crippen LogP contribution in [-0.2, 0) is 0 Å². The molecule has 1 atom stereocenters. The number of nitrogen functional groups attached to an aromatic ring is 1. The van der Waals surface area contributed by atoms with Crippen LogP contribution in [0.4, 0.5) is 5.82 Å². The van der Waals surface area contributed by atoms with Gasteiger partial charge in [0.2, 0.25) is 5.65 Å². The minimum absolute atomic E-state index is 0.356. The van der Waals surface area contributed by atoms with Gasteiger partial charge in [0.25, 0.3) is 0 Å². The Labute approximate surface area is 107 Å². The molecule has 0 aromatic carbocycles. The summed E-state index contributed by atoms with van der Waals surface area (Å²) < 4.78 is 1.72. The molecule has 1 unspecified atom stereocenters. The molecule has 2 rings (SSSR count). The van der Waals surface area contributed by atoms with E-state index in [0.717, 1.165) is 12.2 Å². The SMILES string of the molecule is CCCCC(c1nnc2c(N)ncnn12)C(C)C. The Kier molecular flexibility index (Phi) is 3.74. The van der Waals surface area contributed by atoms with E-state index < -0.39 is 0 Å². The monoisotopic (exact) mass is 248 g/mol. The molecule has 98 valence electrons. The number of unbranched alkanes of at least 4 members (excludes halogenated alkanes) is 1. The van der Waals surface area contributed by atoms with E-state index in [1.54, 1.807) is 4.52 Å². The van der Waals surface area contributed by atoms with Gasteiger partial charge >= 0.3 is 0 Å². The lowest BCUT2D eigenvalue weighted by atomic mass is 9.90. The zero-order valence-electron chi connectivity index (χ0n) is 11.2. The summed E-state index contributed by atoms with van der Waals surface area (Å²) in [6.45, 7) is 6.59. The topological polar surface area (TPSA) is 82.0 Å². The molecule has 0 fully saturated rings. The molecule has 0 spiro atoms. The second kappa shape index (κ2) is 5.29. The number of nitrogens with two attached hydrogens (primary N) is 1. The van der Waals surface area contributed by atoms with E-state index in [-0.39, 0.29) is 0 Å². The Morgan fingerprint density at radius 1 is 1.33 bits per heavy atom. The Morgan fingerprint density at radius 3 is 2.78 bits per heavy atom. The fourth-order valence-corrected chi connectivity index (χ4v) is 2.18. The molecule has 0 aliphatic rings. The molecule has 0 saturated heterocycles. The highest BCUT2D eigenvalue weighted by atomic mass is 15.4. The molecule has 2 aromatic heterocycles. The first-order chi connectivity index (χ1) is 8.65. The number of aromatic nitrogens is 5. The Hall–Kier alpha value is -1.72. The van der Waals surface area contributed by atoms with E-state index in [4.69, 9.17) is 5.73 Å². The van der Waals surface area contributed by atoms with Crippen molar-refractivity contribution in [3.05, 3.63) is 12.2 Å². The molecule has 2 heterocycles. The van der Waals surface area contributed by atoms with E-state index in [1.165, 1.54) is 19.2 Å². The first-order valence-electron chi connectivity index (χ1n) is 6.47. The van der Waals surface area contributed by atoms with Gasteiger partial charge in [0.1, 0.15) is 6.33 Å². The van der Waals surface area contributed by atoms with Gasteiger partial charge in [0, 0.05) is 5.92 Å². The van der Waals surface area contributed by atoms with E-state index >= 15 is 0 Å². The van der Waals surface area contributed by atoms with Crippen LogP contribution in [0.2, 0.25) is 0 Å². The number of hydrogen-bond donors (Lipinski definition) is 1. The standard InChI is InChI=1S/C12H20N6/c1-4-5-6-9(8(2)3)11-16-17-12-10(13)14-7-15-18(11)12/h7-9H,4-6H2,1-3H3,(H2,13,14,15). The normalized spacial score (nSPS) is 13.3. The lowest BCUT2D eigenvalue weighted by molar-refractivity contribution is 0.426. The molecule has 6 heteroatoms. The largest absolute Gasteiger partial charge is 0.380 e. The van der Waals surface area contributed by atoms with Gasteiger partial charge in [0.05, 0.1) is 0 Å². The van der Waals surface area contributed by atoms with Crippen LogP contribution in [0.1, 0.15) is 51.8 Å². The van der Waals surface area contributed by atoms with E-state index in [1.807, 2.05) is 0 Å². The summed E-state index contributed by atoms with van der Waals surface area (Å²) in [5.74, 6) is 2.12. The number of fused-ring (bicyclic) bond motifs is 1. The van der Waals surface area contributed by atoms with Crippen LogP contribution in [0.15, 0.2) is 6.33 Å². The van der Waals surface area contributed by atoms with Crippen molar-refractivity contribution in [1.29, 1.82) is 0 Å². The third-order valence-corrected chi connectivity index (χ3v) is 3.26. The van der Waals surface area contributed by atoms with Gasteiger partial charge in [-0.05, 0) is 12.3 Å². The van der Waals surface area contributed by atoms with Gasteiger partial charge in [-0.1, -0.05) is 33.6 Å². The quantitative estimate of drug-likeness (QED) is 0.875. The first-order valence-corrected chi connectivity index (χ1v) is 6.47. The molecule has 0 aliphatic carbocycles. The molecule has 0 aliphatic heterocycles. The van der Waals surface area contributed by atoms with Gasteiger partial charge in [-0.25, -0.2) is 4.98 Å². The predicted molar refractivity (Wildman–Crippen MR) is 70.1 cm³/mol. The first kappa shape index (κ1) is 12.7. The zero-order chi connectivity index (χ0) is 13.1. The van der Waals surface area contributed by atoms with Crippen LogP contribution in [0.25, 0.3) is 5.65 Å². The third-order valence-electron chi connectivity index (χ3n) is 3.26. The van der Waals surface area contributed by atoms with E-state index in [2.05, 4.69) is 41.1 Å². The van der Waals surface area contributed by atoms with Crippen molar-refractivity contribution >= 4 is 11.5 Å². The highest BCUT2D eigenvalue weighted by Crippen LogP contribution is 2.28. The average Bonchev–Trinajstić information content (AvgIpc) is 2.75. The molecular formula is C12H20N6. The van der Waals surface area contributed by atoms with Crippen LogP contribution < -0.4 is 5.73 Å². The predicted octanol–water partition coefficient (Wildman–Crippen LogP) is 2.03. The minimum Gasteiger partial charge on any atom is -0.380 e. The summed E-state index contributed by atoms with van der Waals surface area (Å²) in [4.78, 5) is 3.93. The van der Waals surface area contributed by atoms with Crippen molar-refractivity contribution in [2.24, 2.45) is 5.92 Å². The number of hydrogen-bond acceptors (Lipinski definition) is 5. The van der Waals surface area contributed by atoms with E-state index in [0.29, 0.717) is 23.3 Å². The molecule has 0 bridgehead atoms. The van der Waals surface area contributed by atoms with Crippen LogP contribution in [0.5, 0.6) is 0 Å². The molecule has 0 amide bonds. The average molecular weight is 248 g/mol. The Balaban J connectivity index is 2.41. The molecule has 18 heavy (non-hydrogen) atoms. The third kappa shape index (κ3) is 2.27. The summed E-state index contributed by atoms with van der Waals surface area (Å²) >= 11 is 0. The van der Waals surface area contributed by atoms with Crippen molar-refractivity contribution in [2.45, 2.75) is 46.0 Å². The second-order valence-corrected chi connectivity index (χ2v) is 4.93. The Bertz CT molecular complexity index is 518. The lowest BCUT2D eigenvalue weighted by Gasteiger charge is -2.18. The molecule has 2 N–H and O–H groups in total. The molecular weight excluding hydrogens is 228 g/mol. The maximum absolute atomic E-state index is 5.77. The Morgan fingerprint density at radius 2 is 2.11 bits per heavy atom. The van der Waals surface area contributed by atoms with Crippen LogP contribution in [0.3, 0.4) is 0 Å². The van der Waals surface area contributed by atoms with Crippen molar-refractivity contribution in [3.8, 4) is 0 Å². The van der Waals surface area contributed by atoms with Crippen molar-refractivity contribution in [2.75, 3.05) is 5.73 Å². The highest BCUT2D eigenvalue weighted by molar-refractivity contribution is 5.57. The van der Waals surface area contributed by atoms with Gasteiger partial charge in [-0.15, -0.1) is 10.2 Å². The minimum atomic E-state index is 0.356.